The second-order valence-corrected chi connectivity index (χ2v) is 7.03. The number of nitriles is 1. The first-order valence-electron chi connectivity index (χ1n) is 7.94. The number of fused-ring (bicyclic) bond motifs is 1. The molecule has 26 heavy (non-hydrogen) atoms. The number of aromatic nitrogens is 2. The molecule has 0 fully saturated rings. The van der Waals surface area contributed by atoms with Gasteiger partial charge in [-0.25, -0.2) is 0 Å². The van der Waals surface area contributed by atoms with Crippen molar-refractivity contribution in [3.63, 3.8) is 0 Å². The largest absolute Gasteiger partial charge is 0.507 e. The minimum Gasteiger partial charge on any atom is -0.507 e. The van der Waals surface area contributed by atoms with Crippen LogP contribution in [0.25, 0.3) is 22.0 Å². The number of aliphatic hydroxyl groups is 1. The van der Waals surface area contributed by atoms with Gasteiger partial charge in [-0.3, -0.25) is 0 Å². The van der Waals surface area contributed by atoms with Crippen molar-refractivity contribution in [2.24, 2.45) is 0 Å². The molecule has 0 spiro atoms. The van der Waals surface area contributed by atoms with Crippen LogP contribution in [0.4, 0.5) is 5.82 Å². The summed E-state index contributed by atoms with van der Waals surface area (Å²) in [4.78, 5) is 0. The standard InChI is InChI=1S/C19H17ClN4O2/c1-19(2,26)10-22-18-15-7-11(9-21)3-5-13(15)17(23-24-18)14-6-4-12(20)8-16(14)25/h3-8,25-26H,10H2,1-2H3,(H,22,24). The zero-order chi connectivity index (χ0) is 18.9. The maximum absolute atomic E-state index is 10.2. The van der Waals surface area contributed by atoms with Gasteiger partial charge in [0.05, 0.1) is 17.2 Å². The molecule has 0 unspecified atom stereocenters. The monoisotopic (exact) mass is 368 g/mol. The number of aromatic hydroxyl groups is 1. The predicted molar refractivity (Wildman–Crippen MR) is 101 cm³/mol. The van der Waals surface area contributed by atoms with Crippen molar-refractivity contribution in [3.8, 4) is 23.1 Å². The number of phenolic OH excluding ortho intramolecular Hbond substituents is 1. The van der Waals surface area contributed by atoms with Gasteiger partial charge in [-0.15, -0.1) is 10.2 Å². The van der Waals surface area contributed by atoms with Crippen LogP contribution in [0.2, 0.25) is 5.02 Å². The second-order valence-electron chi connectivity index (χ2n) is 6.60. The molecule has 0 atom stereocenters. The molecule has 0 aliphatic heterocycles. The van der Waals surface area contributed by atoms with Gasteiger partial charge < -0.3 is 15.5 Å². The molecule has 132 valence electrons. The van der Waals surface area contributed by atoms with Crippen LogP contribution in [-0.2, 0) is 0 Å². The Morgan fingerprint density at radius 3 is 2.58 bits per heavy atom. The van der Waals surface area contributed by atoms with Crippen LogP contribution in [0.1, 0.15) is 19.4 Å². The van der Waals surface area contributed by atoms with Crippen molar-refractivity contribution in [2.45, 2.75) is 19.4 Å². The highest BCUT2D eigenvalue weighted by molar-refractivity contribution is 6.30. The van der Waals surface area contributed by atoms with Gasteiger partial charge in [0.15, 0.2) is 5.82 Å². The van der Waals surface area contributed by atoms with E-state index >= 15 is 0 Å². The van der Waals surface area contributed by atoms with Crippen molar-refractivity contribution in [1.29, 1.82) is 5.26 Å². The maximum Gasteiger partial charge on any atom is 0.156 e. The molecular formula is C19H17ClN4O2. The number of nitrogens with one attached hydrogen (secondary N) is 1. The van der Waals surface area contributed by atoms with Gasteiger partial charge in [0, 0.05) is 27.9 Å². The van der Waals surface area contributed by atoms with Crippen LogP contribution < -0.4 is 5.32 Å². The number of hydrogen-bond donors (Lipinski definition) is 3. The van der Waals surface area contributed by atoms with Gasteiger partial charge in [0.1, 0.15) is 11.4 Å². The lowest BCUT2D eigenvalue weighted by molar-refractivity contribution is 0.0944. The minimum atomic E-state index is -0.937. The van der Waals surface area contributed by atoms with E-state index in [9.17, 15) is 15.5 Å². The summed E-state index contributed by atoms with van der Waals surface area (Å²) >= 11 is 5.91. The molecule has 3 rings (SSSR count). The molecule has 2 aromatic carbocycles. The quantitative estimate of drug-likeness (QED) is 0.648. The smallest absolute Gasteiger partial charge is 0.156 e. The highest BCUT2D eigenvalue weighted by atomic mass is 35.5. The lowest BCUT2D eigenvalue weighted by atomic mass is 10.0. The highest BCUT2D eigenvalue weighted by Gasteiger charge is 2.17. The zero-order valence-corrected chi connectivity index (χ0v) is 15.0. The topological polar surface area (TPSA) is 102 Å². The van der Waals surface area contributed by atoms with Crippen molar-refractivity contribution in [3.05, 3.63) is 47.0 Å². The number of anilines is 1. The molecule has 7 heteroatoms. The molecule has 0 bridgehead atoms. The Balaban J connectivity index is 2.19. The predicted octanol–water partition coefficient (Wildman–Crippen LogP) is 3.71. The van der Waals surface area contributed by atoms with Gasteiger partial charge >= 0.3 is 0 Å². The van der Waals surface area contributed by atoms with Crippen molar-refractivity contribution < 1.29 is 10.2 Å². The number of benzene rings is 2. The van der Waals surface area contributed by atoms with E-state index in [4.69, 9.17) is 11.6 Å². The highest BCUT2D eigenvalue weighted by Crippen LogP contribution is 2.36. The van der Waals surface area contributed by atoms with Crippen LogP contribution in [0.3, 0.4) is 0 Å². The molecule has 0 aliphatic rings. The van der Waals surface area contributed by atoms with Gasteiger partial charge in [-0.05, 0) is 44.2 Å². The third-order valence-corrected chi connectivity index (χ3v) is 4.05. The zero-order valence-electron chi connectivity index (χ0n) is 14.3. The maximum atomic E-state index is 10.2. The molecule has 0 aliphatic carbocycles. The lowest BCUT2D eigenvalue weighted by Crippen LogP contribution is -2.29. The summed E-state index contributed by atoms with van der Waals surface area (Å²) < 4.78 is 0. The van der Waals surface area contributed by atoms with Crippen LogP contribution in [0, 0.1) is 11.3 Å². The van der Waals surface area contributed by atoms with Crippen molar-refractivity contribution in [2.75, 3.05) is 11.9 Å². The Bertz CT molecular complexity index is 1020. The van der Waals surface area contributed by atoms with Gasteiger partial charge in [0.25, 0.3) is 0 Å². The number of nitrogens with zero attached hydrogens (tertiary/aromatic N) is 3. The Hall–Kier alpha value is -2.88. The summed E-state index contributed by atoms with van der Waals surface area (Å²) in [5, 5.41) is 42.7. The van der Waals surface area contributed by atoms with E-state index in [-0.39, 0.29) is 12.3 Å². The fourth-order valence-corrected chi connectivity index (χ4v) is 2.72. The van der Waals surface area contributed by atoms with E-state index in [1.807, 2.05) is 0 Å². The summed E-state index contributed by atoms with van der Waals surface area (Å²) in [6.07, 6.45) is 0. The Morgan fingerprint density at radius 2 is 1.92 bits per heavy atom. The first-order chi connectivity index (χ1) is 12.3. The van der Waals surface area contributed by atoms with Gasteiger partial charge in [-0.1, -0.05) is 17.7 Å². The van der Waals surface area contributed by atoms with E-state index < -0.39 is 5.60 Å². The van der Waals surface area contributed by atoms with Crippen LogP contribution in [0.15, 0.2) is 36.4 Å². The Labute approximate surface area is 155 Å². The summed E-state index contributed by atoms with van der Waals surface area (Å²) in [6, 6.07) is 12.0. The SMILES string of the molecule is CC(C)(O)CNc1nnc(-c2ccc(Cl)cc2O)c2ccc(C#N)cc12. The number of hydrogen-bond acceptors (Lipinski definition) is 6. The molecule has 6 nitrogen and oxygen atoms in total. The Kier molecular flexibility index (Phi) is 4.68. The lowest BCUT2D eigenvalue weighted by Gasteiger charge is -2.19. The van der Waals surface area contributed by atoms with Crippen molar-refractivity contribution >= 4 is 28.2 Å². The van der Waals surface area contributed by atoms with E-state index in [1.165, 1.54) is 6.07 Å². The summed E-state index contributed by atoms with van der Waals surface area (Å²) in [5.41, 5.74) is 0.509. The second kappa shape index (κ2) is 6.79. The molecule has 0 radical (unpaired) electrons. The van der Waals surface area contributed by atoms with Gasteiger partial charge in [-0.2, -0.15) is 5.26 Å². The molecule has 0 saturated carbocycles. The van der Waals surface area contributed by atoms with Crippen LogP contribution in [-0.4, -0.2) is 32.6 Å². The summed E-state index contributed by atoms with van der Waals surface area (Å²) in [6.45, 7) is 3.62. The molecule has 3 N–H and O–H groups in total. The fourth-order valence-electron chi connectivity index (χ4n) is 2.56. The average Bonchev–Trinajstić information content (AvgIpc) is 2.59. The molecule has 0 amide bonds. The van der Waals surface area contributed by atoms with E-state index in [0.29, 0.717) is 33.0 Å². The fraction of sp³-hybridized carbons (Fsp3) is 0.211. The first kappa shape index (κ1) is 17.9. The van der Waals surface area contributed by atoms with Crippen LogP contribution in [0.5, 0.6) is 5.75 Å². The summed E-state index contributed by atoms with van der Waals surface area (Å²) in [7, 11) is 0. The normalized spacial score (nSPS) is 11.3. The molecule has 3 aromatic rings. The number of phenols is 1. The van der Waals surface area contributed by atoms with E-state index in [0.717, 1.165) is 5.39 Å². The van der Waals surface area contributed by atoms with Crippen LogP contribution >= 0.6 is 11.6 Å². The third kappa shape index (κ3) is 3.69. The van der Waals surface area contributed by atoms with Gasteiger partial charge in [0.2, 0.25) is 0 Å². The van der Waals surface area contributed by atoms with Crippen molar-refractivity contribution in [1.82, 2.24) is 10.2 Å². The number of halogens is 1. The first-order valence-corrected chi connectivity index (χ1v) is 8.32. The molecular weight excluding hydrogens is 352 g/mol. The number of rotatable bonds is 4. The molecule has 1 heterocycles. The molecule has 1 aromatic heterocycles. The summed E-state index contributed by atoms with van der Waals surface area (Å²) in [5.74, 6) is 0.450. The molecule has 0 saturated heterocycles. The minimum absolute atomic E-state index is 0.00494. The average molecular weight is 369 g/mol. The van der Waals surface area contributed by atoms with E-state index in [2.05, 4.69) is 21.6 Å². The third-order valence-electron chi connectivity index (χ3n) is 3.81. The van der Waals surface area contributed by atoms with E-state index in [1.54, 1.807) is 44.2 Å². The Morgan fingerprint density at radius 1 is 1.15 bits per heavy atom.